The van der Waals surface area contributed by atoms with Crippen LogP contribution < -0.4 is 20.1 Å². The van der Waals surface area contributed by atoms with Crippen LogP contribution in [0, 0.1) is 0 Å². The molecule has 4 N–H and O–H groups in total. The average molecular weight is 424 g/mol. The van der Waals surface area contributed by atoms with Gasteiger partial charge in [0.1, 0.15) is 17.2 Å². The number of carbonyl (C=O) groups excluding carboxylic acids is 1. The molecule has 29 heavy (non-hydrogen) atoms. The Kier molecular flexibility index (Phi) is 7.20. The van der Waals surface area contributed by atoms with Crippen LogP contribution in [-0.2, 0) is 11.2 Å². The van der Waals surface area contributed by atoms with E-state index in [1.165, 1.54) is 11.3 Å². The molecule has 0 saturated carbocycles. The van der Waals surface area contributed by atoms with Gasteiger partial charge in [-0.15, -0.1) is 10.2 Å². The van der Waals surface area contributed by atoms with Crippen LogP contribution in [-0.4, -0.2) is 66.0 Å². The molecular weight excluding hydrogens is 400 g/mol. The second-order valence-corrected chi connectivity index (χ2v) is 7.42. The smallest absolute Gasteiger partial charge is 0.321 e. The lowest BCUT2D eigenvalue weighted by atomic mass is 10.1. The van der Waals surface area contributed by atoms with Crippen molar-refractivity contribution in [1.82, 2.24) is 15.5 Å². The number of carbonyl (C=O) groups is 1. The summed E-state index contributed by atoms with van der Waals surface area (Å²) in [6, 6.07) is 5.20. The predicted molar refractivity (Wildman–Crippen MR) is 106 cm³/mol. The van der Waals surface area contributed by atoms with Crippen molar-refractivity contribution in [2.75, 3.05) is 32.7 Å². The third kappa shape index (κ3) is 5.32. The molecule has 10 nitrogen and oxygen atoms in total. The minimum absolute atomic E-state index is 0.260. The summed E-state index contributed by atoms with van der Waals surface area (Å²) in [6.07, 6.45) is -0.864. The van der Waals surface area contributed by atoms with E-state index in [9.17, 15) is 9.90 Å². The van der Waals surface area contributed by atoms with E-state index in [0.29, 0.717) is 41.0 Å². The van der Waals surface area contributed by atoms with E-state index in [0.717, 1.165) is 5.56 Å². The Morgan fingerprint density at radius 1 is 1.31 bits per heavy atom. The largest absolute Gasteiger partial charge is 0.493 e. The molecule has 1 aliphatic rings. The number of benzene rings is 1. The van der Waals surface area contributed by atoms with Gasteiger partial charge in [0, 0.05) is 13.0 Å². The third-order valence-electron chi connectivity index (χ3n) is 4.49. The molecule has 1 aromatic carbocycles. The van der Waals surface area contributed by atoms with Gasteiger partial charge in [-0.25, -0.2) is 4.79 Å². The van der Waals surface area contributed by atoms with Crippen molar-refractivity contribution < 1.29 is 29.2 Å². The van der Waals surface area contributed by atoms with Crippen molar-refractivity contribution >= 4 is 22.5 Å². The number of aliphatic hydroxyl groups is 2. The van der Waals surface area contributed by atoms with Gasteiger partial charge in [0.05, 0.1) is 26.9 Å². The molecule has 0 bridgehead atoms. The number of nitrogens with one attached hydrogen (secondary N) is 2. The summed E-state index contributed by atoms with van der Waals surface area (Å²) in [4.78, 5) is 12.1. The monoisotopic (exact) mass is 424 g/mol. The molecule has 2 aromatic rings. The number of nitrogens with zero attached hydrogens (tertiary/aromatic N) is 2. The Morgan fingerprint density at radius 3 is 2.79 bits per heavy atom. The molecule has 3 rings (SSSR count). The Labute approximate surface area is 171 Å². The number of aliphatic hydroxyl groups excluding tert-OH is 2. The number of anilines is 1. The molecule has 0 unspecified atom stereocenters. The molecule has 0 radical (unpaired) electrons. The highest BCUT2D eigenvalue weighted by molar-refractivity contribution is 7.15. The van der Waals surface area contributed by atoms with E-state index in [-0.39, 0.29) is 6.61 Å². The highest BCUT2D eigenvalue weighted by atomic mass is 32.1. The van der Waals surface area contributed by atoms with Crippen molar-refractivity contribution in [3.63, 3.8) is 0 Å². The fraction of sp³-hybridized carbons (Fsp3) is 0.500. The second kappa shape index (κ2) is 9.83. The summed E-state index contributed by atoms with van der Waals surface area (Å²) in [5.41, 5.74) is 0.997. The van der Waals surface area contributed by atoms with Crippen LogP contribution in [0.5, 0.6) is 11.5 Å². The summed E-state index contributed by atoms with van der Waals surface area (Å²) < 4.78 is 16.0. The van der Waals surface area contributed by atoms with Crippen LogP contribution in [0.3, 0.4) is 0 Å². The van der Waals surface area contributed by atoms with Gasteiger partial charge in [0.15, 0.2) is 11.5 Å². The van der Waals surface area contributed by atoms with E-state index in [2.05, 4.69) is 20.8 Å². The normalized spacial score (nSPS) is 21.0. The summed E-state index contributed by atoms with van der Waals surface area (Å²) in [5.74, 6) is 1.29. The minimum atomic E-state index is -0.745. The van der Waals surface area contributed by atoms with Crippen molar-refractivity contribution in [2.45, 2.75) is 31.2 Å². The van der Waals surface area contributed by atoms with Crippen LogP contribution >= 0.6 is 11.3 Å². The van der Waals surface area contributed by atoms with Gasteiger partial charge in [-0.3, -0.25) is 5.32 Å². The van der Waals surface area contributed by atoms with Crippen LogP contribution in [0.25, 0.3) is 0 Å². The maximum absolute atomic E-state index is 12.1. The van der Waals surface area contributed by atoms with E-state index in [1.54, 1.807) is 14.2 Å². The Hall–Kier alpha value is -2.47. The molecule has 0 aliphatic carbocycles. The van der Waals surface area contributed by atoms with Crippen molar-refractivity contribution in [3.8, 4) is 11.5 Å². The average Bonchev–Trinajstić information content (AvgIpc) is 3.33. The molecule has 1 aliphatic heterocycles. The fourth-order valence-corrected chi connectivity index (χ4v) is 3.75. The summed E-state index contributed by atoms with van der Waals surface area (Å²) in [6.45, 7) is 0.160. The SMILES string of the molecule is COc1ccc(CCNC(=O)Nc2nnc([C@@H]3C[C@H](O)[C@@H](CO)O3)s2)cc1OC. The molecular formula is C18H24N4O6S. The lowest BCUT2D eigenvalue weighted by Gasteiger charge is -2.10. The zero-order valence-electron chi connectivity index (χ0n) is 16.1. The van der Waals surface area contributed by atoms with Crippen molar-refractivity contribution in [3.05, 3.63) is 28.8 Å². The maximum atomic E-state index is 12.1. The van der Waals surface area contributed by atoms with Gasteiger partial charge in [-0.1, -0.05) is 17.4 Å². The number of hydrogen-bond acceptors (Lipinski definition) is 9. The quantitative estimate of drug-likeness (QED) is 0.495. The first-order chi connectivity index (χ1) is 14.0. The highest BCUT2D eigenvalue weighted by Gasteiger charge is 2.36. The molecule has 1 aromatic heterocycles. The molecule has 1 saturated heterocycles. The van der Waals surface area contributed by atoms with Gasteiger partial charge in [0.25, 0.3) is 0 Å². The van der Waals surface area contributed by atoms with E-state index < -0.39 is 24.3 Å². The number of amides is 2. The lowest BCUT2D eigenvalue weighted by molar-refractivity contribution is -0.0227. The van der Waals surface area contributed by atoms with Crippen molar-refractivity contribution in [2.24, 2.45) is 0 Å². The van der Waals surface area contributed by atoms with Crippen LogP contribution in [0.15, 0.2) is 18.2 Å². The molecule has 11 heteroatoms. The van der Waals surface area contributed by atoms with E-state index in [1.807, 2.05) is 18.2 Å². The second-order valence-electron chi connectivity index (χ2n) is 6.41. The number of methoxy groups -OCH3 is 2. The van der Waals surface area contributed by atoms with Gasteiger partial charge in [-0.05, 0) is 24.1 Å². The number of aromatic nitrogens is 2. The number of ether oxygens (including phenoxy) is 3. The molecule has 3 atom stereocenters. The Morgan fingerprint density at radius 2 is 2.10 bits per heavy atom. The topological polar surface area (TPSA) is 135 Å². The zero-order valence-corrected chi connectivity index (χ0v) is 16.9. The van der Waals surface area contributed by atoms with E-state index in [4.69, 9.17) is 19.3 Å². The Bertz CT molecular complexity index is 832. The van der Waals surface area contributed by atoms with Gasteiger partial charge in [0.2, 0.25) is 5.13 Å². The summed E-state index contributed by atoms with van der Waals surface area (Å²) >= 11 is 1.17. The van der Waals surface area contributed by atoms with Gasteiger partial charge < -0.3 is 29.7 Å². The van der Waals surface area contributed by atoms with Gasteiger partial charge >= 0.3 is 6.03 Å². The fourth-order valence-electron chi connectivity index (χ4n) is 2.97. The molecule has 2 heterocycles. The minimum Gasteiger partial charge on any atom is -0.493 e. The molecule has 158 valence electrons. The first-order valence-corrected chi connectivity index (χ1v) is 9.89. The van der Waals surface area contributed by atoms with Crippen LogP contribution in [0.4, 0.5) is 9.93 Å². The standard InChI is InChI=1S/C18H24N4O6S/c1-26-12-4-3-10(7-13(12)27-2)5-6-19-17(25)20-18-22-21-16(29-18)14-8-11(24)15(9-23)28-14/h3-4,7,11,14-15,23-24H,5-6,8-9H2,1-2H3,(H2,19,20,22,25)/t11-,14-,15+/m0/s1. The number of urea groups is 1. The third-order valence-corrected chi connectivity index (χ3v) is 5.42. The zero-order chi connectivity index (χ0) is 20.8. The number of rotatable bonds is 8. The van der Waals surface area contributed by atoms with Crippen LogP contribution in [0.1, 0.15) is 23.1 Å². The first kappa shape index (κ1) is 21.2. The molecule has 0 spiro atoms. The Balaban J connectivity index is 1.46. The predicted octanol–water partition coefficient (Wildman–Crippen LogP) is 1.10. The van der Waals surface area contributed by atoms with Gasteiger partial charge in [-0.2, -0.15) is 0 Å². The molecule has 2 amide bonds. The summed E-state index contributed by atoms with van der Waals surface area (Å²) in [7, 11) is 3.15. The summed E-state index contributed by atoms with van der Waals surface area (Å²) in [5, 5.41) is 33.1. The first-order valence-electron chi connectivity index (χ1n) is 9.07. The lowest BCUT2D eigenvalue weighted by Crippen LogP contribution is -2.30. The molecule has 1 fully saturated rings. The highest BCUT2D eigenvalue weighted by Crippen LogP contribution is 2.35. The number of hydrogen-bond donors (Lipinski definition) is 4. The van der Waals surface area contributed by atoms with E-state index >= 15 is 0 Å². The maximum Gasteiger partial charge on any atom is 0.321 e. The van der Waals surface area contributed by atoms with Crippen molar-refractivity contribution in [1.29, 1.82) is 0 Å². The van der Waals surface area contributed by atoms with Crippen LogP contribution in [0.2, 0.25) is 0 Å².